The first kappa shape index (κ1) is 27.0. The second kappa shape index (κ2) is 19.2. The molecule has 1 unspecified atom stereocenters. The van der Waals surface area contributed by atoms with Crippen LogP contribution in [0.2, 0.25) is 0 Å². The Labute approximate surface area is 142 Å². The average molecular weight is 356 g/mol. The van der Waals surface area contributed by atoms with E-state index in [1.165, 1.54) is 32.1 Å². The number of aliphatic hydroxyl groups is 1. The van der Waals surface area contributed by atoms with Gasteiger partial charge in [-0.15, -0.1) is 0 Å². The Kier molecular flexibility index (Phi) is 23.6. The number of nitrogens with two attached hydrogens (primary N) is 3. The molecule has 0 rings (SSSR count). The summed E-state index contributed by atoms with van der Waals surface area (Å²) in [6.45, 7) is 6.17. The largest absolute Gasteiger partial charge is 0.396 e. The molecule has 0 saturated carbocycles. The molecule has 136 valence electrons. The Morgan fingerprint density at radius 3 is 1.82 bits per heavy atom. The van der Waals surface area contributed by atoms with Gasteiger partial charge in [-0.2, -0.15) is 0 Å². The highest BCUT2D eigenvalue weighted by Crippen LogP contribution is 2.10. The highest BCUT2D eigenvalue weighted by Gasteiger charge is 2.01. The Morgan fingerprint density at radius 1 is 1.09 bits per heavy atom. The fourth-order valence-corrected chi connectivity index (χ4v) is 1.54. The topological polar surface area (TPSA) is 115 Å². The van der Waals surface area contributed by atoms with Gasteiger partial charge in [0.1, 0.15) is 12.3 Å². The van der Waals surface area contributed by atoms with E-state index in [1.807, 2.05) is 0 Å². The normalized spacial score (nSPS) is 11.6. The summed E-state index contributed by atoms with van der Waals surface area (Å²) in [4.78, 5) is 10.3. The number of unbranched alkanes of at least 4 members (excludes halogenated alkanes) is 3. The van der Waals surface area contributed by atoms with Crippen LogP contribution in [0.3, 0.4) is 0 Å². The summed E-state index contributed by atoms with van der Waals surface area (Å²) in [6.07, 6.45) is 9.07. The molecular formula is C15H38N3O2PS. The summed E-state index contributed by atoms with van der Waals surface area (Å²) in [5, 5.41) is 8.75. The molecule has 1 atom stereocenters. The predicted molar refractivity (Wildman–Crippen MR) is 102 cm³/mol. The predicted octanol–water partition coefficient (Wildman–Crippen LogP) is 3.44. The lowest BCUT2D eigenvalue weighted by Crippen LogP contribution is -2.11. The van der Waals surface area contributed by atoms with Crippen molar-refractivity contribution in [2.24, 2.45) is 22.4 Å². The van der Waals surface area contributed by atoms with Crippen LogP contribution >= 0.6 is 6.49 Å². The highest BCUT2D eigenvalue weighted by molar-refractivity contribution is 8.11. The number of carbonyl (C=O) groups excluding carboxylic acids is 1. The number of rotatable bonds is 9. The third kappa shape index (κ3) is 42.7. The van der Waals surface area contributed by atoms with Crippen LogP contribution in [0.5, 0.6) is 0 Å². The highest BCUT2D eigenvalue weighted by atomic mass is 32.4. The molecule has 5 nitrogen and oxygen atoms in total. The molecule has 0 heterocycles. The number of hydrogen-bond acceptors (Lipinski definition) is 3. The Hall–Kier alpha value is 0.160. The van der Waals surface area contributed by atoms with Gasteiger partial charge in [-0.05, 0) is 37.5 Å². The SMILES string of the molecule is CCCCC(CC)CO.CCCCCC(C)=O.NP(N)(N)=S. The van der Waals surface area contributed by atoms with Crippen molar-refractivity contribution in [2.75, 3.05) is 6.61 Å². The minimum Gasteiger partial charge on any atom is -0.396 e. The van der Waals surface area contributed by atoms with E-state index in [2.05, 4.69) is 32.6 Å². The van der Waals surface area contributed by atoms with Crippen LogP contribution in [0, 0.1) is 5.92 Å². The third-order valence-corrected chi connectivity index (χ3v) is 2.93. The summed E-state index contributed by atoms with van der Waals surface area (Å²) in [7, 11) is 0. The van der Waals surface area contributed by atoms with Gasteiger partial charge in [0.05, 0.1) is 0 Å². The van der Waals surface area contributed by atoms with Gasteiger partial charge < -0.3 is 9.90 Å². The van der Waals surface area contributed by atoms with E-state index >= 15 is 0 Å². The summed E-state index contributed by atoms with van der Waals surface area (Å²) in [5.41, 5.74) is 14.5. The minimum absolute atomic E-state index is 0.318. The number of Topliss-reactive ketones (excluding diaryl/α,β-unsaturated/α-hetero) is 1. The molecule has 0 aliphatic heterocycles. The van der Waals surface area contributed by atoms with Gasteiger partial charge >= 0.3 is 0 Å². The second-order valence-corrected chi connectivity index (χ2v) is 8.95. The zero-order valence-corrected chi connectivity index (χ0v) is 16.6. The molecular weight excluding hydrogens is 317 g/mol. The lowest BCUT2D eigenvalue weighted by molar-refractivity contribution is -0.117. The third-order valence-electron chi connectivity index (χ3n) is 2.93. The minimum atomic E-state index is -2.31. The molecule has 0 aromatic rings. The monoisotopic (exact) mass is 355 g/mol. The first-order valence-corrected chi connectivity index (χ1v) is 11.2. The van der Waals surface area contributed by atoms with Crippen molar-refractivity contribution in [3.63, 3.8) is 0 Å². The van der Waals surface area contributed by atoms with E-state index in [9.17, 15) is 4.79 Å². The number of hydrogen-bond donors (Lipinski definition) is 4. The molecule has 22 heavy (non-hydrogen) atoms. The molecule has 0 bridgehead atoms. The standard InChI is InChI=1S/C8H18O.C7H14O.H6N3PS/c1-3-5-6-8(4-2)7-9;1-3-4-5-6-7(2)8;1-4(2,3)5/h8-9H,3-7H2,1-2H3;3-6H2,1-2H3;(H6,1,2,3,5). The van der Waals surface area contributed by atoms with E-state index in [4.69, 9.17) is 21.6 Å². The Morgan fingerprint density at radius 2 is 1.55 bits per heavy atom. The maximum Gasteiger partial charge on any atom is 0.129 e. The smallest absolute Gasteiger partial charge is 0.129 e. The zero-order chi connectivity index (χ0) is 18.0. The molecule has 0 radical (unpaired) electrons. The van der Waals surface area contributed by atoms with E-state index in [1.54, 1.807) is 6.92 Å². The molecule has 0 fully saturated rings. The van der Waals surface area contributed by atoms with Crippen LogP contribution in [0.25, 0.3) is 0 Å². The molecule has 0 aromatic carbocycles. The maximum absolute atomic E-state index is 10.3. The van der Waals surface area contributed by atoms with E-state index in [0.717, 1.165) is 19.3 Å². The molecule has 0 spiro atoms. The van der Waals surface area contributed by atoms with E-state index in [0.29, 0.717) is 18.3 Å². The van der Waals surface area contributed by atoms with Crippen LogP contribution in [0.1, 0.15) is 79.1 Å². The molecule has 0 aliphatic carbocycles. The van der Waals surface area contributed by atoms with Gasteiger partial charge in [0, 0.05) is 13.0 Å². The number of ketones is 1. The van der Waals surface area contributed by atoms with Crippen LogP contribution in [-0.4, -0.2) is 17.5 Å². The lowest BCUT2D eigenvalue weighted by atomic mass is 10.0. The summed E-state index contributed by atoms with van der Waals surface area (Å²) in [6, 6.07) is 0. The summed E-state index contributed by atoms with van der Waals surface area (Å²) in [5.74, 6) is 0.878. The molecule has 7 N–H and O–H groups in total. The zero-order valence-electron chi connectivity index (χ0n) is 14.9. The van der Waals surface area contributed by atoms with Crippen molar-refractivity contribution in [1.29, 1.82) is 0 Å². The maximum atomic E-state index is 10.3. The quantitative estimate of drug-likeness (QED) is 0.372. The van der Waals surface area contributed by atoms with E-state index < -0.39 is 6.49 Å². The lowest BCUT2D eigenvalue weighted by Gasteiger charge is -2.08. The van der Waals surface area contributed by atoms with Crippen molar-refractivity contribution in [1.82, 2.24) is 0 Å². The molecule has 0 aromatic heterocycles. The molecule has 7 heteroatoms. The van der Waals surface area contributed by atoms with Crippen molar-refractivity contribution in [3.05, 3.63) is 0 Å². The van der Waals surface area contributed by atoms with E-state index in [-0.39, 0.29) is 0 Å². The van der Waals surface area contributed by atoms with Gasteiger partial charge in [0.15, 0.2) is 0 Å². The Balaban J connectivity index is -0.000000257. The van der Waals surface area contributed by atoms with Gasteiger partial charge in [-0.1, -0.05) is 52.9 Å². The number of aliphatic hydroxyl groups excluding tert-OH is 1. The first-order chi connectivity index (χ1) is 10.1. The van der Waals surface area contributed by atoms with Crippen LogP contribution in [0.4, 0.5) is 0 Å². The number of carbonyl (C=O) groups is 1. The van der Waals surface area contributed by atoms with Gasteiger partial charge in [0.2, 0.25) is 0 Å². The first-order valence-electron chi connectivity index (χ1n) is 8.18. The summed E-state index contributed by atoms with van der Waals surface area (Å²) >= 11 is 4.27. The van der Waals surface area contributed by atoms with Crippen molar-refractivity contribution in [3.8, 4) is 0 Å². The van der Waals surface area contributed by atoms with Crippen molar-refractivity contribution >= 4 is 24.1 Å². The van der Waals surface area contributed by atoms with Gasteiger partial charge in [-0.25, -0.2) is 0 Å². The second-order valence-electron chi connectivity index (χ2n) is 5.52. The fraction of sp³-hybridized carbons (Fsp3) is 0.933. The van der Waals surface area contributed by atoms with Crippen molar-refractivity contribution < 1.29 is 9.90 Å². The Bertz CT molecular complexity index is 274. The molecule has 0 amide bonds. The summed E-state index contributed by atoms with van der Waals surface area (Å²) < 4.78 is 0. The molecule has 0 saturated heterocycles. The average Bonchev–Trinajstić information content (AvgIpc) is 2.39. The van der Waals surface area contributed by atoms with Crippen LogP contribution < -0.4 is 16.5 Å². The fourth-order valence-electron chi connectivity index (χ4n) is 1.54. The van der Waals surface area contributed by atoms with Crippen LogP contribution in [-0.2, 0) is 16.6 Å². The van der Waals surface area contributed by atoms with Gasteiger partial charge in [-0.3, -0.25) is 16.5 Å². The van der Waals surface area contributed by atoms with Gasteiger partial charge in [0.25, 0.3) is 0 Å². The van der Waals surface area contributed by atoms with Crippen molar-refractivity contribution in [2.45, 2.75) is 79.1 Å². The van der Waals surface area contributed by atoms with Crippen LogP contribution in [0.15, 0.2) is 0 Å². The molecule has 0 aliphatic rings.